The van der Waals surface area contributed by atoms with E-state index in [1.54, 1.807) is 6.07 Å². The lowest BCUT2D eigenvalue weighted by atomic mass is 9.99. The van der Waals surface area contributed by atoms with Crippen molar-refractivity contribution in [3.8, 4) is 11.1 Å². The summed E-state index contributed by atoms with van der Waals surface area (Å²) in [5.74, 6) is 0. The molecule has 1 atom stereocenters. The Morgan fingerprint density at radius 3 is 2.23 bits per heavy atom. The number of hydrogen-bond acceptors (Lipinski definition) is 4. The molecule has 12 heteroatoms. The topological polar surface area (TPSA) is 27.5 Å². The van der Waals surface area contributed by atoms with Gasteiger partial charge in [-0.25, -0.2) is 0 Å². The van der Waals surface area contributed by atoms with Crippen molar-refractivity contribution in [2.75, 3.05) is 55.6 Å². The Morgan fingerprint density at radius 2 is 1.60 bits per heavy atom. The largest absolute Gasteiger partial charge is 0.433 e. The van der Waals surface area contributed by atoms with Gasteiger partial charge in [-0.2, -0.15) is 31.4 Å². The summed E-state index contributed by atoms with van der Waals surface area (Å²) in [7, 11) is 0. The molecule has 3 heterocycles. The maximum atomic E-state index is 13.8. The Kier molecular flexibility index (Phi) is 7.86. The highest BCUT2D eigenvalue weighted by molar-refractivity contribution is 6.31. The quantitative estimate of drug-likeness (QED) is 0.261. The van der Waals surface area contributed by atoms with Crippen LogP contribution in [0.25, 0.3) is 11.1 Å². The first-order chi connectivity index (χ1) is 20.3. The van der Waals surface area contributed by atoms with Crippen molar-refractivity contribution in [1.29, 1.82) is 0 Å². The van der Waals surface area contributed by atoms with Gasteiger partial charge in [-0.05, 0) is 68.0 Å². The second-order valence-electron chi connectivity index (χ2n) is 12.1. The first-order valence-electron chi connectivity index (χ1n) is 14.6. The molecule has 0 bridgehead atoms. The SMILES string of the molecule is Cc1cnn(C2CCCN(c3cc(Cl)ccc3-c3ccc(N4CCN(CC5(C(F)(F)F)CC5)CC4)cc3)C2)c1C(F)(F)F. The fourth-order valence-corrected chi connectivity index (χ4v) is 6.75. The number of anilines is 2. The zero-order chi connectivity index (χ0) is 30.6. The number of benzene rings is 2. The molecule has 6 rings (SSSR count). The number of nitrogens with zero attached hydrogens (tertiary/aromatic N) is 5. The van der Waals surface area contributed by atoms with Crippen LogP contribution in [0.2, 0.25) is 5.02 Å². The van der Waals surface area contributed by atoms with Crippen LogP contribution in [0.4, 0.5) is 37.7 Å². The van der Waals surface area contributed by atoms with Crippen molar-refractivity contribution in [3.05, 3.63) is 64.9 Å². The van der Waals surface area contributed by atoms with Gasteiger partial charge in [-0.1, -0.05) is 29.8 Å². The van der Waals surface area contributed by atoms with Gasteiger partial charge in [0.1, 0.15) is 5.69 Å². The van der Waals surface area contributed by atoms with Gasteiger partial charge in [-0.15, -0.1) is 0 Å². The summed E-state index contributed by atoms with van der Waals surface area (Å²) >= 11 is 6.41. The number of aryl methyl sites for hydroxylation is 1. The summed E-state index contributed by atoms with van der Waals surface area (Å²) in [4.78, 5) is 6.21. The molecule has 1 saturated carbocycles. The van der Waals surface area contributed by atoms with Crippen molar-refractivity contribution < 1.29 is 26.3 Å². The van der Waals surface area contributed by atoms with Gasteiger partial charge in [0.05, 0.1) is 17.7 Å². The zero-order valence-electron chi connectivity index (χ0n) is 23.9. The molecular formula is C31H34ClF6N5. The van der Waals surface area contributed by atoms with Crippen molar-refractivity contribution in [3.63, 3.8) is 0 Å². The normalized spacial score (nSPS) is 21.3. The Balaban J connectivity index is 1.16. The molecule has 43 heavy (non-hydrogen) atoms. The van der Waals surface area contributed by atoms with E-state index in [2.05, 4.69) is 14.9 Å². The smallest absolute Gasteiger partial charge is 0.369 e. The average molecular weight is 626 g/mol. The zero-order valence-corrected chi connectivity index (χ0v) is 24.6. The molecule has 1 aromatic heterocycles. The Labute approximate surface area is 252 Å². The predicted octanol–water partition coefficient (Wildman–Crippen LogP) is 7.84. The van der Waals surface area contributed by atoms with E-state index >= 15 is 0 Å². The predicted molar refractivity (Wildman–Crippen MR) is 156 cm³/mol. The molecule has 2 aliphatic heterocycles. The summed E-state index contributed by atoms with van der Waals surface area (Å²) in [5, 5.41) is 4.65. The number of hydrogen-bond donors (Lipinski definition) is 0. The summed E-state index contributed by atoms with van der Waals surface area (Å²) in [6, 6.07) is 13.2. The van der Waals surface area contributed by atoms with Gasteiger partial charge in [0, 0.05) is 67.8 Å². The van der Waals surface area contributed by atoms with Crippen LogP contribution in [0.3, 0.4) is 0 Å². The summed E-state index contributed by atoms with van der Waals surface area (Å²) < 4.78 is 82.8. The standard InChI is InChI=1S/C31H34ClF6N5/c1-21-18-39-43(28(21)30(33,34)35)25-3-2-12-42(19-25)27-17-23(32)6-9-26(27)22-4-7-24(8-5-22)41-15-13-40(14-16-41)20-29(10-11-29)31(36,37)38/h4-9,17-18,25H,2-3,10-16,19-20H2,1H3. The molecule has 0 amide bonds. The number of rotatable bonds is 6. The molecule has 0 N–H and O–H groups in total. The van der Waals surface area contributed by atoms with E-state index in [4.69, 9.17) is 11.6 Å². The van der Waals surface area contributed by atoms with Crippen LogP contribution < -0.4 is 9.80 Å². The van der Waals surface area contributed by atoms with Gasteiger partial charge >= 0.3 is 12.4 Å². The number of piperazine rings is 1. The molecule has 232 valence electrons. The van der Waals surface area contributed by atoms with Gasteiger partial charge in [0.15, 0.2) is 0 Å². The minimum Gasteiger partial charge on any atom is -0.369 e. The maximum absolute atomic E-state index is 13.8. The minimum atomic E-state index is -4.49. The van der Waals surface area contributed by atoms with Crippen molar-refractivity contribution >= 4 is 23.0 Å². The highest BCUT2D eigenvalue weighted by Crippen LogP contribution is 2.58. The van der Waals surface area contributed by atoms with Crippen LogP contribution in [-0.4, -0.2) is 66.7 Å². The first-order valence-corrected chi connectivity index (χ1v) is 15.0. The lowest BCUT2D eigenvalue weighted by Crippen LogP contribution is -2.49. The summed E-state index contributed by atoms with van der Waals surface area (Å²) in [5.41, 5.74) is 1.63. The van der Waals surface area contributed by atoms with E-state index in [-0.39, 0.29) is 24.9 Å². The Bertz CT molecular complexity index is 1440. The van der Waals surface area contributed by atoms with Crippen LogP contribution >= 0.6 is 11.6 Å². The van der Waals surface area contributed by atoms with Crippen LogP contribution in [0.5, 0.6) is 0 Å². The van der Waals surface area contributed by atoms with E-state index in [1.807, 2.05) is 41.3 Å². The van der Waals surface area contributed by atoms with E-state index in [0.717, 1.165) is 27.2 Å². The third-order valence-corrected chi connectivity index (χ3v) is 9.42. The van der Waals surface area contributed by atoms with Gasteiger partial charge in [-0.3, -0.25) is 9.58 Å². The molecule has 1 aliphatic carbocycles. The molecule has 2 aromatic carbocycles. The molecule has 2 saturated heterocycles. The first kappa shape index (κ1) is 30.1. The number of piperidine rings is 1. The molecular weight excluding hydrogens is 592 g/mol. The van der Waals surface area contributed by atoms with Crippen LogP contribution in [-0.2, 0) is 6.18 Å². The van der Waals surface area contributed by atoms with Crippen LogP contribution in [0.1, 0.15) is 43.0 Å². The molecule has 3 aliphatic rings. The summed E-state index contributed by atoms with van der Waals surface area (Å²) in [6.07, 6.45) is -5.60. The second kappa shape index (κ2) is 11.2. The van der Waals surface area contributed by atoms with Crippen molar-refractivity contribution in [2.45, 2.75) is 51.0 Å². The third-order valence-electron chi connectivity index (χ3n) is 9.19. The maximum Gasteiger partial charge on any atom is 0.433 e. The molecule has 3 aromatic rings. The van der Waals surface area contributed by atoms with Gasteiger partial charge in [0.25, 0.3) is 0 Å². The molecule has 3 fully saturated rings. The fraction of sp³-hybridized carbons (Fsp3) is 0.516. The Hall–Kier alpha value is -2.92. The third kappa shape index (κ3) is 6.07. The van der Waals surface area contributed by atoms with E-state index < -0.39 is 29.5 Å². The second-order valence-corrected chi connectivity index (χ2v) is 12.5. The van der Waals surface area contributed by atoms with E-state index in [0.29, 0.717) is 57.1 Å². The van der Waals surface area contributed by atoms with Gasteiger partial charge < -0.3 is 9.80 Å². The monoisotopic (exact) mass is 625 g/mol. The van der Waals surface area contributed by atoms with Crippen LogP contribution in [0, 0.1) is 12.3 Å². The minimum absolute atomic E-state index is 0.0809. The number of aromatic nitrogens is 2. The lowest BCUT2D eigenvalue weighted by Gasteiger charge is -2.38. The van der Waals surface area contributed by atoms with Gasteiger partial charge in [0.2, 0.25) is 0 Å². The summed E-state index contributed by atoms with van der Waals surface area (Å²) in [6.45, 7) is 5.05. The van der Waals surface area contributed by atoms with E-state index in [1.165, 1.54) is 13.1 Å². The molecule has 5 nitrogen and oxygen atoms in total. The van der Waals surface area contributed by atoms with Crippen molar-refractivity contribution in [1.82, 2.24) is 14.7 Å². The highest BCUT2D eigenvalue weighted by atomic mass is 35.5. The van der Waals surface area contributed by atoms with Crippen molar-refractivity contribution in [2.24, 2.45) is 5.41 Å². The lowest BCUT2D eigenvalue weighted by molar-refractivity contribution is -0.192. The van der Waals surface area contributed by atoms with Crippen LogP contribution in [0.15, 0.2) is 48.7 Å². The van der Waals surface area contributed by atoms with E-state index in [9.17, 15) is 26.3 Å². The fourth-order valence-electron chi connectivity index (χ4n) is 6.59. The Morgan fingerprint density at radius 1 is 0.907 bits per heavy atom. The molecule has 1 unspecified atom stereocenters. The molecule has 0 radical (unpaired) electrons. The highest BCUT2D eigenvalue weighted by Gasteiger charge is 2.63. The molecule has 0 spiro atoms. The number of alkyl halides is 6. The number of halogens is 7. The average Bonchev–Trinajstić information content (AvgIpc) is 3.65.